The minimum Gasteiger partial charge on any atom is -0.494 e. The number of esters is 1. The highest BCUT2D eigenvalue weighted by Crippen LogP contribution is 2.45. The minimum atomic E-state index is -1.34. The molecule has 0 spiro atoms. The molecule has 0 unspecified atom stereocenters. The standard InChI is InChI=1S/C27H25Br2NO5/c1-33-26(32)27(17-19-7-2-4-9-22(19)28)24(21-8-3-5-10-23(21)29)35-25(30-27)18-11-13-20(14-12-18)34-16-6-15-31/h2-5,7-14,24,31H,6,15-17H2,1H3/t24-,27-/m1/s1. The van der Waals surface area contributed by atoms with Gasteiger partial charge < -0.3 is 19.3 Å². The number of aliphatic hydroxyl groups excluding tert-OH is 1. The number of benzene rings is 3. The number of ether oxygens (including phenoxy) is 3. The second-order valence-corrected chi connectivity index (χ2v) is 9.78. The average molecular weight is 603 g/mol. The minimum absolute atomic E-state index is 0.0757. The molecule has 0 aromatic heterocycles. The van der Waals surface area contributed by atoms with Crippen molar-refractivity contribution in [2.45, 2.75) is 24.5 Å². The van der Waals surface area contributed by atoms with Crippen LogP contribution in [0.2, 0.25) is 0 Å². The van der Waals surface area contributed by atoms with Crippen LogP contribution in [0.4, 0.5) is 0 Å². The number of methoxy groups -OCH3 is 1. The normalized spacial score (nSPS) is 19.1. The van der Waals surface area contributed by atoms with Crippen molar-refractivity contribution in [1.29, 1.82) is 0 Å². The molecule has 182 valence electrons. The van der Waals surface area contributed by atoms with Gasteiger partial charge in [-0.15, -0.1) is 0 Å². The monoisotopic (exact) mass is 601 g/mol. The first-order valence-electron chi connectivity index (χ1n) is 11.2. The summed E-state index contributed by atoms with van der Waals surface area (Å²) in [5.74, 6) is 0.550. The highest BCUT2D eigenvalue weighted by molar-refractivity contribution is 9.10. The van der Waals surface area contributed by atoms with E-state index in [0.29, 0.717) is 24.7 Å². The summed E-state index contributed by atoms with van der Waals surface area (Å²) in [6.07, 6.45) is 0.119. The fraction of sp³-hybridized carbons (Fsp3) is 0.259. The summed E-state index contributed by atoms with van der Waals surface area (Å²) in [7, 11) is 1.37. The Morgan fingerprint density at radius 2 is 1.71 bits per heavy atom. The van der Waals surface area contributed by atoms with Crippen LogP contribution in [0, 0.1) is 0 Å². The molecule has 0 saturated carbocycles. The third kappa shape index (κ3) is 5.44. The quantitative estimate of drug-likeness (QED) is 0.253. The summed E-state index contributed by atoms with van der Waals surface area (Å²) in [6.45, 7) is 0.501. The molecular weight excluding hydrogens is 578 g/mol. The molecule has 0 radical (unpaired) electrons. The van der Waals surface area contributed by atoms with Crippen LogP contribution in [0.1, 0.15) is 29.2 Å². The van der Waals surface area contributed by atoms with E-state index in [9.17, 15) is 4.79 Å². The smallest absolute Gasteiger partial charge is 0.338 e. The Bertz CT molecular complexity index is 1210. The van der Waals surface area contributed by atoms with Crippen molar-refractivity contribution in [3.05, 3.63) is 98.4 Å². The molecule has 0 saturated heterocycles. The largest absolute Gasteiger partial charge is 0.494 e. The van der Waals surface area contributed by atoms with Crippen molar-refractivity contribution in [3.63, 3.8) is 0 Å². The van der Waals surface area contributed by atoms with Crippen molar-refractivity contribution < 1.29 is 24.1 Å². The molecule has 8 heteroatoms. The first-order valence-corrected chi connectivity index (χ1v) is 12.7. The summed E-state index contributed by atoms with van der Waals surface area (Å²) in [6, 6.07) is 22.7. The van der Waals surface area contributed by atoms with Crippen molar-refractivity contribution in [1.82, 2.24) is 0 Å². The molecule has 1 aliphatic rings. The molecule has 3 aromatic rings. The lowest BCUT2D eigenvalue weighted by Gasteiger charge is -2.30. The highest BCUT2D eigenvalue weighted by Gasteiger charge is 2.55. The summed E-state index contributed by atoms with van der Waals surface area (Å²) in [4.78, 5) is 18.3. The van der Waals surface area contributed by atoms with E-state index in [1.807, 2.05) is 72.8 Å². The number of hydrogen-bond donors (Lipinski definition) is 1. The average Bonchev–Trinajstić information content (AvgIpc) is 3.26. The van der Waals surface area contributed by atoms with E-state index in [1.54, 1.807) is 0 Å². The lowest BCUT2D eigenvalue weighted by Crippen LogP contribution is -2.44. The Hall–Kier alpha value is -2.68. The number of carbonyl (C=O) groups is 1. The molecule has 1 N–H and O–H groups in total. The molecule has 1 heterocycles. The fourth-order valence-corrected chi connectivity index (χ4v) is 4.95. The van der Waals surface area contributed by atoms with Gasteiger partial charge in [-0.2, -0.15) is 0 Å². The van der Waals surface area contributed by atoms with Crippen LogP contribution in [-0.2, 0) is 20.7 Å². The zero-order valence-corrected chi connectivity index (χ0v) is 22.3. The van der Waals surface area contributed by atoms with E-state index in [2.05, 4.69) is 31.9 Å². The molecule has 35 heavy (non-hydrogen) atoms. The lowest BCUT2D eigenvalue weighted by molar-refractivity contribution is -0.150. The molecule has 0 amide bonds. The van der Waals surface area contributed by atoms with Crippen LogP contribution < -0.4 is 4.74 Å². The zero-order chi connectivity index (χ0) is 24.8. The van der Waals surface area contributed by atoms with E-state index < -0.39 is 17.6 Å². The summed E-state index contributed by atoms with van der Waals surface area (Å²) in [5.41, 5.74) is 1.09. The molecule has 0 fully saturated rings. The third-order valence-corrected chi connectivity index (χ3v) is 7.28. The number of nitrogens with zero attached hydrogens (tertiary/aromatic N) is 1. The number of aliphatic imine (C=N–C) groups is 1. The summed E-state index contributed by atoms with van der Waals surface area (Å²) >= 11 is 7.22. The van der Waals surface area contributed by atoms with Crippen LogP contribution >= 0.6 is 31.9 Å². The van der Waals surface area contributed by atoms with Gasteiger partial charge in [-0.1, -0.05) is 68.3 Å². The predicted molar refractivity (Wildman–Crippen MR) is 141 cm³/mol. The first-order chi connectivity index (χ1) is 17.0. The van der Waals surface area contributed by atoms with Crippen molar-refractivity contribution in [2.75, 3.05) is 20.3 Å². The first kappa shape index (κ1) is 25.4. The molecule has 4 rings (SSSR count). The van der Waals surface area contributed by atoms with Crippen molar-refractivity contribution in [2.24, 2.45) is 4.99 Å². The van der Waals surface area contributed by atoms with Crippen molar-refractivity contribution in [3.8, 4) is 5.75 Å². The van der Waals surface area contributed by atoms with Gasteiger partial charge in [-0.05, 0) is 42.0 Å². The van der Waals surface area contributed by atoms with E-state index in [-0.39, 0.29) is 13.0 Å². The van der Waals surface area contributed by atoms with E-state index >= 15 is 0 Å². The Morgan fingerprint density at radius 3 is 2.37 bits per heavy atom. The van der Waals surface area contributed by atoms with Crippen molar-refractivity contribution >= 4 is 43.7 Å². The van der Waals surface area contributed by atoms with Crippen LogP contribution in [0.5, 0.6) is 5.75 Å². The van der Waals surface area contributed by atoms with E-state index in [1.165, 1.54) is 7.11 Å². The summed E-state index contributed by atoms with van der Waals surface area (Å²) in [5, 5.41) is 8.95. The third-order valence-electron chi connectivity index (χ3n) is 5.78. The van der Waals surface area contributed by atoms with Crippen LogP contribution in [0.3, 0.4) is 0 Å². The molecule has 0 bridgehead atoms. The fourth-order valence-electron chi connectivity index (χ4n) is 4.03. The molecule has 6 nitrogen and oxygen atoms in total. The lowest BCUT2D eigenvalue weighted by atomic mass is 9.83. The Balaban J connectivity index is 1.78. The molecule has 1 aliphatic heterocycles. The number of carbonyl (C=O) groups excluding carboxylic acids is 1. The maximum atomic E-state index is 13.4. The van der Waals surface area contributed by atoms with Gasteiger partial charge in [0.25, 0.3) is 0 Å². The van der Waals surface area contributed by atoms with E-state index in [0.717, 1.165) is 25.6 Å². The molecule has 2 atom stereocenters. The zero-order valence-electron chi connectivity index (χ0n) is 19.1. The van der Waals surface area contributed by atoms with Gasteiger partial charge in [0, 0.05) is 39.5 Å². The second kappa shape index (κ2) is 11.4. The number of hydrogen-bond acceptors (Lipinski definition) is 6. The maximum Gasteiger partial charge on any atom is 0.338 e. The Morgan fingerprint density at radius 1 is 1.03 bits per heavy atom. The maximum absolute atomic E-state index is 13.4. The van der Waals surface area contributed by atoms with Crippen LogP contribution in [-0.4, -0.2) is 42.8 Å². The topological polar surface area (TPSA) is 77.4 Å². The second-order valence-electron chi connectivity index (χ2n) is 8.07. The van der Waals surface area contributed by atoms with Gasteiger partial charge in [0.1, 0.15) is 5.75 Å². The Labute approximate surface area is 221 Å². The number of halogens is 2. The summed E-state index contributed by atoms with van der Waals surface area (Å²) < 4.78 is 19.1. The number of aliphatic hydroxyl groups is 1. The predicted octanol–water partition coefficient (Wildman–Crippen LogP) is 5.65. The Kier molecular flexibility index (Phi) is 8.26. The van der Waals surface area contributed by atoms with Gasteiger partial charge in [0.05, 0.1) is 13.7 Å². The van der Waals surface area contributed by atoms with E-state index in [4.69, 9.17) is 24.3 Å². The van der Waals surface area contributed by atoms with Gasteiger partial charge in [0.2, 0.25) is 11.4 Å². The number of rotatable bonds is 9. The van der Waals surface area contributed by atoms with Gasteiger partial charge in [-0.3, -0.25) is 0 Å². The van der Waals surface area contributed by atoms with Gasteiger partial charge in [0.15, 0.2) is 6.10 Å². The SMILES string of the molecule is COC(=O)[C@]1(Cc2ccccc2Br)N=C(c2ccc(OCCCO)cc2)O[C@@H]1c1ccccc1Br. The molecular formula is C27H25Br2NO5. The van der Waals surface area contributed by atoms with Crippen LogP contribution in [0.25, 0.3) is 0 Å². The van der Waals surface area contributed by atoms with Gasteiger partial charge >= 0.3 is 5.97 Å². The highest BCUT2D eigenvalue weighted by atomic mass is 79.9. The molecule has 3 aromatic carbocycles. The van der Waals surface area contributed by atoms with Gasteiger partial charge in [-0.25, -0.2) is 9.79 Å². The molecule has 0 aliphatic carbocycles. The van der Waals surface area contributed by atoms with Crippen LogP contribution in [0.15, 0.2) is 86.7 Å².